The Morgan fingerprint density at radius 1 is 1.08 bits per heavy atom. The van der Waals surface area contributed by atoms with Crippen molar-refractivity contribution in [1.82, 2.24) is 0 Å². The molecule has 0 aliphatic heterocycles. The summed E-state index contributed by atoms with van der Waals surface area (Å²) in [4.78, 5) is 0. The van der Waals surface area contributed by atoms with E-state index >= 15 is 0 Å². The minimum atomic E-state index is 0. The van der Waals surface area contributed by atoms with Crippen molar-refractivity contribution in [1.29, 1.82) is 0 Å². The summed E-state index contributed by atoms with van der Waals surface area (Å²) in [7, 11) is 0. The van der Waals surface area contributed by atoms with Crippen molar-refractivity contribution in [3.05, 3.63) is 39.1 Å². The Hall–Kier alpha value is 1.15. The maximum absolute atomic E-state index is 5.61. The van der Waals surface area contributed by atoms with E-state index in [9.17, 15) is 0 Å². The molecular weight excluding hydrogens is 262 g/mol. The van der Waals surface area contributed by atoms with Crippen molar-refractivity contribution in [2.24, 2.45) is 0 Å². The van der Waals surface area contributed by atoms with Crippen molar-refractivity contribution in [3.63, 3.8) is 0 Å². The first-order chi connectivity index (χ1) is 5.63. The van der Waals surface area contributed by atoms with Gasteiger partial charge in [-0.15, -0.1) is 23.2 Å². The smallest absolute Gasteiger partial charge is 0.346 e. The summed E-state index contributed by atoms with van der Waals surface area (Å²) >= 11 is 22.4. The predicted octanol–water partition coefficient (Wildman–Crippen LogP) is 4.56. The summed E-state index contributed by atoms with van der Waals surface area (Å²) in [5.74, 6) is 0. The van der Waals surface area contributed by atoms with E-state index in [0.717, 1.165) is 0 Å². The molecule has 0 saturated carbocycles. The molecule has 0 atom stereocenters. The topological polar surface area (TPSA) is 0 Å². The summed E-state index contributed by atoms with van der Waals surface area (Å²) in [5.41, 5.74) is 0. The van der Waals surface area contributed by atoms with Gasteiger partial charge >= 0.3 is 23.1 Å². The van der Waals surface area contributed by atoms with Gasteiger partial charge in [-0.05, 0) is 10.0 Å². The molecule has 0 amide bonds. The molecule has 0 nitrogen and oxygen atoms in total. The third kappa shape index (κ3) is 4.96. The number of hydrogen-bond donors (Lipinski definition) is 0. The second-order valence-corrected chi connectivity index (χ2v) is 3.12. The molecule has 5 heteroatoms. The molecule has 0 saturated heterocycles. The maximum Gasteiger partial charge on any atom is 2.00 e. The Bertz CT molecular complexity index is 236. The zero-order chi connectivity index (χ0) is 9.72. The quantitative estimate of drug-likeness (QED) is 0.280. The summed E-state index contributed by atoms with van der Waals surface area (Å²) in [6.45, 7) is 5.00. The van der Waals surface area contributed by atoms with Crippen molar-refractivity contribution < 1.29 is 0 Å². The van der Waals surface area contributed by atoms with Gasteiger partial charge in [0, 0.05) is 0 Å². The van der Waals surface area contributed by atoms with Crippen LogP contribution in [0.2, 0.25) is 20.1 Å². The maximum atomic E-state index is 5.61. The van der Waals surface area contributed by atoms with Crippen molar-refractivity contribution in [3.8, 4) is 0 Å². The normalized spacial score (nSPS) is 8.15. The van der Waals surface area contributed by atoms with Crippen LogP contribution < -0.4 is 0 Å². The number of benzene rings is 1. The van der Waals surface area contributed by atoms with Crippen molar-refractivity contribution in [2.75, 3.05) is 0 Å². The summed E-state index contributed by atoms with van der Waals surface area (Å²) in [6.07, 6.45) is 0. The SMILES string of the molecule is Clc1[c-]cc(Cl)c(Cl)c1Cl.[CH2-]C.[Mg+2]. The Morgan fingerprint density at radius 2 is 1.54 bits per heavy atom. The van der Waals surface area contributed by atoms with Gasteiger partial charge in [-0.3, -0.25) is 0 Å². The molecule has 0 bridgehead atoms. The second-order valence-electron chi connectivity index (χ2n) is 1.58. The van der Waals surface area contributed by atoms with Crippen LogP contribution in [0.5, 0.6) is 0 Å². The molecule has 0 unspecified atom stereocenters. The van der Waals surface area contributed by atoms with E-state index in [0.29, 0.717) is 5.02 Å². The zero-order valence-corrected chi connectivity index (χ0v) is 11.4. The number of hydrogen-bond acceptors (Lipinski definition) is 0. The second kappa shape index (κ2) is 8.45. The molecule has 0 spiro atoms. The number of rotatable bonds is 0. The first-order valence-corrected chi connectivity index (χ1v) is 4.55. The number of halogens is 4. The molecule has 13 heavy (non-hydrogen) atoms. The Kier molecular flexibility index (Phi) is 10.8. The molecule has 0 fully saturated rings. The minimum absolute atomic E-state index is 0. The molecule has 1 aromatic carbocycles. The van der Waals surface area contributed by atoms with E-state index in [4.69, 9.17) is 46.4 Å². The third-order valence-corrected chi connectivity index (χ3v) is 2.58. The van der Waals surface area contributed by atoms with Crippen LogP contribution in [0.25, 0.3) is 0 Å². The predicted molar refractivity (Wildman–Crippen MR) is 62.1 cm³/mol. The van der Waals surface area contributed by atoms with E-state index < -0.39 is 0 Å². The molecular formula is C8H6Cl4Mg. The van der Waals surface area contributed by atoms with Crippen molar-refractivity contribution >= 4 is 69.5 Å². The van der Waals surface area contributed by atoms with Crippen LogP contribution in [0.3, 0.4) is 0 Å². The summed E-state index contributed by atoms with van der Waals surface area (Å²) < 4.78 is 0. The molecule has 0 aliphatic rings. The third-order valence-electron chi connectivity index (χ3n) is 0.921. The van der Waals surface area contributed by atoms with Gasteiger partial charge in [0.15, 0.2) is 0 Å². The fourth-order valence-corrected chi connectivity index (χ4v) is 1.15. The van der Waals surface area contributed by atoms with E-state index in [1.165, 1.54) is 6.07 Å². The van der Waals surface area contributed by atoms with Gasteiger partial charge in [0.2, 0.25) is 0 Å². The van der Waals surface area contributed by atoms with Gasteiger partial charge in [-0.2, -0.15) is 42.3 Å². The van der Waals surface area contributed by atoms with Crippen molar-refractivity contribution in [2.45, 2.75) is 6.92 Å². The molecule has 0 heterocycles. The average Bonchev–Trinajstić information content (AvgIpc) is 2.12. The van der Waals surface area contributed by atoms with Gasteiger partial charge < -0.3 is 6.92 Å². The molecule has 0 aromatic heterocycles. The van der Waals surface area contributed by atoms with Gasteiger partial charge in [-0.25, -0.2) is 0 Å². The monoisotopic (exact) mass is 266 g/mol. The molecule has 1 rings (SSSR count). The van der Waals surface area contributed by atoms with Gasteiger partial charge in [0.05, 0.1) is 0 Å². The fourth-order valence-electron chi connectivity index (χ4n) is 0.455. The Balaban J connectivity index is 0. The first-order valence-electron chi connectivity index (χ1n) is 3.04. The summed E-state index contributed by atoms with van der Waals surface area (Å²) in [5, 5.41) is 1.16. The molecule has 0 radical (unpaired) electrons. The van der Waals surface area contributed by atoms with Crippen LogP contribution in [0.4, 0.5) is 0 Å². The van der Waals surface area contributed by atoms with Gasteiger partial charge in [0.1, 0.15) is 0 Å². The standard InChI is InChI=1S/C6HCl4.C2H5.Mg/c7-3-1-2-4(8)6(10)5(3)9;1-2;/h1H;1H2,2H3;/q2*-1;+2. The molecule has 0 aliphatic carbocycles. The van der Waals surface area contributed by atoms with Crippen LogP contribution in [0.1, 0.15) is 6.92 Å². The van der Waals surface area contributed by atoms with E-state index in [-0.39, 0.29) is 38.1 Å². The summed E-state index contributed by atoms with van der Waals surface area (Å²) in [6, 6.07) is 4.10. The zero-order valence-electron chi connectivity index (χ0n) is 7.00. The van der Waals surface area contributed by atoms with Gasteiger partial charge in [0.25, 0.3) is 0 Å². The largest absolute Gasteiger partial charge is 2.00 e. The van der Waals surface area contributed by atoms with Crippen LogP contribution >= 0.6 is 46.4 Å². The van der Waals surface area contributed by atoms with Crippen LogP contribution in [-0.4, -0.2) is 23.1 Å². The minimum Gasteiger partial charge on any atom is -0.346 e. The van der Waals surface area contributed by atoms with Crippen LogP contribution in [0, 0.1) is 13.0 Å². The average molecular weight is 268 g/mol. The van der Waals surface area contributed by atoms with Crippen LogP contribution in [0.15, 0.2) is 6.07 Å². The molecule has 68 valence electrons. The van der Waals surface area contributed by atoms with Crippen LogP contribution in [-0.2, 0) is 0 Å². The fraction of sp³-hybridized carbons (Fsp3) is 0.125. The Morgan fingerprint density at radius 3 is 1.92 bits per heavy atom. The van der Waals surface area contributed by atoms with Gasteiger partial charge in [-0.1, -0.05) is 10.0 Å². The molecule has 0 N–H and O–H groups in total. The van der Waals surface area contributed by atoms with E-state index in [1.54, 1.807) is 6.92 Å². The first kappa shape index (κ1) is 16.6. The van der Waals surface area contributed by atoms with E-state index in [2.05, 4.69) is 13.0 Å². The van der Waals surface area contributed by atoms with E-state index in [1.807, 2.05) is 0 Å². The molecule has 1 aromatic rings. The Labute approximate surface area is 115 Å².